The first-order valence-corrected chi connectivity index (χ1v) is 8.52. The van der Waals surface area contributed by atoms with Crippen molar-refractivity contribution in [3.05, 3.63) is 94.5 Å². The molecule has 0 spiro atoms. The van der Waals surface area contributed by atoms with Crippen LogP contribution in [0.4, 0.5) is 0 Å². The summed E-state index contributed by atoms with van der Waals surface area (Å²) >= 11 is 6.05. The van der Waals surface area contributed by atoms with E-state index in [1.54, 1.807) is 12.4 Å². The van der Waals surface area contributed by atoms with E-state index in [1.165, 1.54) is 11.8 Å². The number of halogens is 1. The molecule has 2 heterocycles. The largest absolute Gasteiger partial charge is 0.326 e. The Morgan fingerprint density at radius 2 is 1.88 bits per heavy atom. The lowest BCUT2D eigenvalue weighted by Gasteiger charge is -2.37. The molecule has 25 heavy (non-hydrogen) atoms. The lowest BCUT2D eigenvalue weighted by atomic mass is 9.88. The van der Waals surface area contributed by atoms with E-state index in [-0.39, 0.29) is 11.9 Å². The Hall–Kier alpha value is -2.72. The molecule has 3 aromatic rings. The van der Waals surface area contributed by atoms with Crippen molar-refractivity contribution in [2.24, 2.45) is 0 Å². The number of hydrogen-bond acceptors (Lipinski definition) is 3. The zero-order chi connectivity index (χ0) is 17.2. The number of fused-ring (bicyclic) bond motifs is 1. The average molecular weight is 350 g/mol. The highest BCUT2D eigenvalue weighted by Gasteiger charge is 2.32. The van der Waals surface area contributed by atoms with Crippen LogP contribution in [0.15, 0.2) is 67.1 Å². The number of hydrogen-bond donors (Lipinski definition) is 0. The van der Waals surface area contributed by atoms with Crippen molar-refractivity contribution in [1.82, 2.24) is 14.9 Å². The van der Waals surface area contributed by atoms with E-state index in [4.69, 9.17) is 11.6 Å². The van der Waals surface area contributed by atoms with Crippen molar-refractivity contribution in [1.29, 1.82) is 0 Å². The van der Waals surface area contributed by atoms with Gasteiger partial charge in [0.25, 0.3) is 5.91 Å². The fourth-order valence-corrected chi connectivity index (χ4v) is 3.47. The van der Waals surface area contributed by atoms with Gasteiger partial charge in [-0.15, -0.1) is 0 Å². The fraction of sp³-hybridized carbons (Fsp3) is 0.150. The van der Waals surface area contributed by atoms with Gasteiger partial charge in [-0.05, 0) is 35.2 Å². The van der Waals surface area contributed by atoms with Gasteiger partial charge in [-0.25, -0.2) is 4.98 Å². The summed E-state index contributed by atoms with van der Waals surface area (Å²) in [6.07, 6.45) is 5.45. The minimum Gasteiger partial charge on any atom is -0.326 e. The van der Waals surface area contributed by atoms with Crippen LogP contribution in [0.5, 0.6) is 0 Å². The molecule has 0 saturated carbocycles. The number of rotatable bonds is 2. The average Bonchev–Trinajstić information content (AvgIpc) is 2.68. The molecule has 0 N–H and O–H groups in total. The van der Waals surface area contributed by atoms with Crippen molar-refractivity contribution in [3.63, 3.8) is 0 Å². The van der Waals surface area contributed by atoms with Gasteiger partial charge in [0.15, 0.2) is 0 Å². The second kappa shape index (κ2) is 6.65. The highest BCUT2D eigenvalue weighted by molar-refractivity contribution is 6.30. The van der Waals surface area contributed by atoms with Crippen LogP contribution in [0.2, 0.25) is 5.02 Å². The van der Waals surface area contributed by atoms with Gasteiger partial charge in [-0.3, -0.25) is 9.78 Å². The highest BCUT2D eigenvalue weighted by atomic mass is 35.5. The van der Waals surface area contributed by atoms with E-state index < -0.39 is 0 Å². The van der Waals surface area contributed by atoms with Crippen molar-refractivity contribution < 1.29 is 4.79 Å². The van der Waals surface area contributed by atoms with E-state index >= 15 is 0 Å². The van der Waals surface area contributed by atoms with Gasteiger partial charge in [-0.1, -0.05) is 48.0 Å². The SMILES string of the molecule is O=C(c1cnccn1)N1CCc2ccccc2C1c1ccc(Cl)cc1. The van der Waals surface area contributed by atoms with Gasteiger partial charge >= 0.3 is 0 Å². The summed E-state index contributed by atoms with van der Waals surface area (Å²) in [5.74, 6) is -0.109. The van der Waals surface area contributed by atoms with Crippen molar-refractivity contribution in [3.8, 4) is 0 Å². The third-order valence-corrected chi connectivity index (χ3v) is 4.76. The number of aromatic nitrogens is 2. The summed E-state index contributed by atoms with van der Waals surface area (Å²) in [5.41, 5.74) is 3.81. The van der Waals surface area contributed by atoms with E-state index in [0.717, 1.165) is 17.5 Å². The number of benzene rings is 2. The molecule has 1 aliphatic heterocycles. The Bertz CT molecular complexity index is 896. The molecule has 0 fully saturated rings. The first-order valence-electron chi connectivity index (χ1n) is 8.14. The van der Waals surface area contributed by atoms with Crippen LogP contribution >= 0.6 is 11.6 Å². The lowest BCUT2D eigenvalue weighted by Crippen LogP contribution is -2.41. The standard InChI is InChI=1S/C20H16ClN3O/c21-16-7-5-15(6-8-16)19-17-4-2-1-3-14(17)9-12-24(19)20(25)18-13-22-10-11-23-18/h1-8,10-11,13,19H,9,12H2. The van der Waals surface area contributed by atoms with Gasteiger partial charge in [0, 0.05) is 24.0 Å². The molecule has 5 heteroatoms. The van der Waals surface area contributed by atoms with Crippen molar-refractivity contribution in [2.45, 2.75) is 12.5 Å². The molecule has 2 aromatic carbocycles. The summed E-state index contributed by atoms with van der Waals surface area (Å²) in [4.78, 5) is 23.1. The predicted molar refractivity (Wildman–Crippen MR) is 96.5 cm³/mol. The maximum atomic E-state index is 13.1. The van der Waals surface area contributed by atoms with Gasteiger partial charge in [0.2, 0.25) is 0 Å². The van der Waals surface area contributed by atoms with Crippen molar-refractivity contribution in [2.75, 3.05) is 6.54 Å². The molecule has 0 aliphatic carbocycles. The zero-order valence-corrected chi connectivity index (χ0v) is 14.2. The van der Waals surface area contributed by atoms with Crippen LogP contribution in [-0.2, 0) is 6.42 Å². The van der Waals surface area contributed by atoms with Crippen LogP contribution in [-0.4, -0.2) is 27.3 Å². The molecule has 1 amide bonds. The molecule has 1 aliphatic rings. The molecule has 124 valence electrons. The Morgan fingerprint density at radius 3 is 2.64 bits per heavy atom. The molecule has 0 radical (unpaired) electrons. The molecule has 4 nitrogen and oxygen atoms in total. The highest BCUT2D eigenvalue weighted by Crippen LogP contribution is 2.36. The Labute approximate surface area is 151 Å². The summed E-state index contributed by atoms with van der Waals surface area (Å²) in [5, 5.41) is 0.680. The first-order chi connectivity index (χ1) is 12.2. The van der Waals surface area contributed by atoms with Gasteiger partial charge in [-0.2, -0.15) is 0 Å². The maximum absolute atomic E-state index is 13.1. The summed E-state index contributed by atoms with van der Waals surface area (Å²) < 4.78 is 0. The van der Waals surface area contributed by atoms with E-state index in [0.29, 0.717) is 17.3 Å². The number of carbonyl (C=O) groups excluding carboxylic acids is 1. The monoisotopic (exact) mass is 349 g/mol. The third-order valence-electron chi connectivity index (χ3n) is 4.51. The summed E-state index contributed by atoms with van der Waals surface area (Å²) in [7, 11) is 0. The smallest absolute Gasteiger partial charge is 0.274 e. The van der Waals surface area contributed by atoms with Crippen LogP contribution in [0.25, 0.3) is 0 Å². The van der Waals surface area contributed by atoms with Crippen LogP contribution < -0.4 is 0 Å². The van der Waals surface area contributed by atoms with Gasteiger partial charge < -0.3 is 4.90 Å². The third kappa shape index (κ3) is 3.01. The maximum Gasteiger partial charge on any atom is 0.274 e. The van der Waals surface area contributed by atoms with E-state index in [2.05, 4.69) is 22.1 Å². The minimum atomic E-state index is -0.156. The summed E-state index contributed by atoms with van der Waals surface area (Å²) in [6.45, 7) is 0.639. The molecule has 1 unspecified atom stereocenters. The van der Waals surface area contributed by atoms with Crippen molar-refractivity contribution >= 4 is 17.5 Å². The normalized spacial score (nSPS) is 16.4. The Morgan fingerprint density at radius 1 is 1.08 bits per heavy atom. The zero-order valence-electron chi connectivity index (χ0n) is 13.5. The Balaban J connectivity index is 1.80. The molecule has 0 bridgehead atoms. The van der Waals surface area contributed by atoms with Gasteiger partial charge in [0.05, 0.1) is 12.2 Å². The quantitative estimate of drug-likeness (QED) is 0.704. The molecule has 4 rings (SSSR count). The fourth-order valence-electron chi connectivity index (χ4n) is 3.35. The lowest BCUT2D eigenvalue weighted by molar-refractivity contribution is 0.0688. The first kappa shape index (κ1) is 15.8. The molecule has 1 aromatic heterocycles. The summed E-state index contributed by atoms with van der Waals surface area (Å²) in [6, 6.07) is 15.8. The van der Waals surface area contributed by atoms with Crippen LogP contribution in [0.1, 0.15) is 33.2 Å². The Kier molecular flexibility index (Phi) is 4.20. The van der Waals surface area contributed by atoms with E-state index in [1.807, 2.05) is 41.3 Å². The molecular formula is C20H16ClN3O. The van der Waals surface area contributed by atoms with E-state index in [9.17, 15) is 4.79 Å². The van der Waals surface area contributed by atoms with Crippen LogP contribution in [0, 0.1) is 0 Å². The number of carbonyl (C=O) groups is 1. The second-order valence-electron chi connectivity index (χ2n) is 5.99. The molecule has 1 atom stereocenters. The predicted octanol–water partition coefficient (Wildman–Crippen LogP) is 3.92. The van der Waals surface area contributed by atoms with Crippen LogP contribution in [0.3, 0.4) is 0 Å². The topological polar surface area (TPSA) is 46.1 Å². The number of nitrogens with zero attached hydrogens (tertiary/aromatic N) is 3. The van der Waals surface area contributed by atoms with Gasteiger partial charge in [0.1, 0.15) is 5.69 Å². The minimum absolute atomic E-state index is 0.109. The molecular weight excluding hydrogens is 334 g/mol. The second-order valence-corrected chi connectivity index (χ2v) is 6.43. The molecule has 0 saturated heterocycles. The number of amides is 1.